The van der Waals surface area contributed by atoms with E-state index in [1.165, 1.54) is 0 Å². The van der Waals surface area contributed by atoms with Crippen molar-refractivity contribution in [3.8, 4) is 0 Å². The number of rotatable bonds is 9. The molecule has 5 nitrogen and oxygen atoms in total. The molecule has 26 heavy (non-hydrogen) atoms. The van der Waals surface area contributed by atoms with Crippen LogP contribution in [0.4, 0.5) is 0 Å². The van der Waals surface area contributed by atoms with Crippen molar-refractivity contribution in [2.24, 2.45) is 11.5 Å². The Balaban J connectivity index is 2.36. The number of allylic oxidation sites excluding steroid dienone is 1. The lowest BCUT2D eigenvalue weighted by Crippen LogP contribution is -2.48. The number of hydrogen-bond acceptors (Lipinski definition) is 3. The van der Waals surface area contributed by atoms with Crippen molar-refractivity contribution in [3.63, 3.8) is 0 Å². The number of carbonyl (C=O) groups excluding carboxylic acids is 2. The minimum absolute atomic E-state index is 0.184. The topological polar surface area (TPSA) is 98.2 Å². The zero-order valence-corrected chi connectivity index (χ0v) is 14.7. The molecule has 0 aliphatic heterocycles. The molecular formula is C21H25N3O2. The minimum Gasteiger partial charge on any atom is -0.370 e. The lowest BCUT2D eigenvalue weighted by atomic mass is 9.72. The highest BCUT2D eigenvalue weighted by Gasteiger charge is 2.34. The molecule has 2 rings (SSSR count). The van der Waals surface area contributed by atoms with E-state index in [-0.39, 0.29) is 6.42 Å². The Morgan fingerprint density at radius 2 is 1.54 bits per heavy atom. The Bertz CT molecular complexity index is 705. The predicted molar refractivity (Wildman–Crippen MR) is 103 cm³/mol. The zero-order chi connectivity index (χ0) is 19.0. The number of hydrogen-bond donors (Lipinski definition) is 3. The first-order chi connectivity index (χ1) is 12.5. The van der Waals surface area contributed by atoms with Crippen LogP contribution in [0.2, 0.25) is 0 Å². The number of amides is 2. The summed E-state index contributed by atoms with van der Waals surface area (Å²) in [5, 5.41) is 2.89. The molecule has 0 fully saturated rings. The van der Waals surface area contributed by atoms with Gasteiger partial charge in [-0.3, -0.25) is 9.59 Å². The van der Waals surface area contributed by atoms with Gasteiger partial charge in [0.15, 0.2) is 0 Å². The third kappa shape index (κ3) is 4.58. The van der Waals surface area contributed by atoms with Crippen molar-refractivity contribution >= 4 is 11.8 Å². The maximum absolute atomic E-state index is 12.3. The molecule has 0 aliphatic rings. The molecule has 0 saturated heterocycles. The largest absolute Gasteiger partial charge is 0.370 e. The van der Waals surface area contributed by atoms with E-state index in [0.29, 0.717) is 13.0 Å². The quantitative estimate of drug-likeness (QED) is 0.602. The summed E-state index contributed by atoms with van der Waals surface area (Å²) in [5.74, 6) is -1.000. The molecule has 136 valence electrons. The molecule has 0 aromatic heterocycles. The molecule has 0 spiro atoms. The van der Waals surface area contributed by atoms with Gasteiger partial charge in [0.2, 0.25) is 11.8 Å². The van der Waals surface area contributed by atoms with E-state index in [1.54, 1.807) is 0 Å². The molecule has 0 aliphatic carbocycles. The van der Waals surface area contributed by atoms with Crippen LogP contribution in [0.25, 0.3) is 0 Å². The van der Waals surface area contributed by atoms with Gasteiger partial charge in [0.25, 0.3) is 0 Å². The Morgan fingerprint density at radius 3 is 1.96 bits per heavy atom. The third-order valence-electron chi connectivity index (χ3n) is 4.47. The van der Waals surface area contributed by atoms with Crippen LogP contribution < -0.4 is 16.8 Å². The fraction of sp³-hybridized carbons (Fsp3) is 0.238. The fourth-order valence-corrected chi connectivity index (χ4v) is 3.12. The third-order valence-corrected chi connectivity index (χ3v) is 4.47. The van der Waals surface area contributed by atoms with Crippen molar-refractivity contribution < 1.29 is 9.59 Å². The second kappa shape index (κ2) is 8.97. The molecule has 0 unspecified atom stereocenters. The van der Waals surface area contributed by atoms with Crippen molar-refractivity contribution in [2.45, 2.75) is 24.3 Å². The van der Waals surface area contributed by atoms with E-state index in [1.807, 2.05) is 66.7 Å². The summed E-state index contributed by atoms with van der Waals surface area (Å²) in [6.07, 6.45) is 2.29. The summed E-state index contributed by atoms with van der Waals surface area (Å²) in [5.41, 5.74) is 12.5. The molecular weight excluding hydrogens is 326 g/mol. The molecule has 2 aromatic carbocycles. The van der Waals surface area contributed by atoms with Gasteiger partial charge >= 0.3 is 0 Å². The van der Waals surface area contributed by atoms with Crippen LogP contribution in [0.15, 0.2) is 73.3 Å². The second-order valence-corrected chi connectivity index (χ2v) is 6.30. The van der Waals surface area contributed by atoms with Gasteiger partial charge in [-0.1, -0.05) is 66.7 Å². The van der Waals surface area contributed by atoms with Crippen molar-refractivity contribution in [1.82, 2.24) is 5.32 Å². The first-order valence-corrected chi connectivity index (χ1v) is 8.53. The van der Waals surface area contributed by atoms with E-state index in [2.05, 4.69) is 11.9 Å². The number of carbonyl (C=O) groups is 2. The van der Waals surface area contributed by atoms with Crippen LogP contribution in [-0.2, 0) is 15.0 Å². The first kappa shape index (κ1) is 19.4. The maximum atomic E-state index is 12.3. The van der Waals surface area contributed by atoms with E-state index >= 15 is 0 Å². The number of benzene rings is 2. The van der Waals surface area contributed by atoms with Gasteiger partial charge in [0.1, 0.15) is 0 Å². The van der Waals surface area contributed by atoms with Crippen LogP contribution in [-0.4, -0.2) is 24.4 Å². The zero-order valence-electron chi connectivity index (χ0n) is 14.7. The molecule has 0 heterocycles. The highest BCUT2D eigenvalue weighted by molar-refractivity contribution is 5.87. The smallest absolute Gasteiger partial charge is 0.237 e. The molecule has 2 amide bonds. The van der Waals surface area contributed by atoms with Gasteiger partial charge in [-0.05, 0) is 17.5 Å². The highest BCUT2D eigenvalue weighted by Crippen LogP contribution is 2.35. The summed E-state index contributed by atoms with van der Waals surface area (Å²) < 4.78 is 0. The first-order valence-electron chi connectivity index (χ1n) is 8.53. The Labute approximate surface area is 154 Å². The molecule has 0 saturated carbocycles. The Kier molecular flexibility index (Phi) is 6.69. The van der Waals surface area contributed by atoms with Crippen LogP contribution in [0.5, 0.6) is 0 Å². The monoisotopic (exact) mass is 351 g/mol. The van der Waals surface area contributed by atoms with Gasteiger partial charge < -0.3 is 16.8 Å². The maximum Gasteiger partial charge on any atom is 0.237 e. The van der Waals surface area contributed by atoms with Crippen LogP contribution in [0.1, 0.15) is 24.0 Å². The van der Waals surface area contributed by atoms with Gasteiger partial charge in [-0.25, -0.2) is 0 Å². The highest BCUT2D eigenvalue weighted by atomic mass is 16.2. The Morgan fingerprint density at radius 1 is 1.04 bits per heavy atom. The molecule has 1 atom stereocenters. The van der Waals surface area contributed by atoms with Crippen molar-refractivity contribution in [2.75, 3.05) is 6.54 Å². The number of primary amides is 1. The second-order valence-electron chi connectivity index (χ2n) is 6.30. The van der Waals surface area contributed by atoms with Gasteiger partial charge in [-0.15, -0.1) is 6.58 Å². The average molecular weight is 351 g/mol. The van der Waals surface area contributed by atoms with E-state index in [4.69, 9.17) is 11.5 Å². The van der Waals surface area contributed by atoms with Gasteiger partial charge in [0.05, 0.1) is 12.5 Å². The lowest BCUT2D eigenvalue weighted by molar-refractivity contribution is -0.126. The van der Waals surface area contributed by atoms with Crippen LogP contribution >= 0.6 is 0 Å². The summed E-state index contributed by atoms with van der Waals surface area (Å²) in [6, 6.07) is 19.0. The molecule has 2 aromatic rings. The summed E-state index contributed by atoms with van der Waals surface area (Å²) in [7, 11) is 0. The summed E-state index contributed by atoms with van der Waals surface area (Å²) in [6.45, 7) is 4.23. The Hall–Kier alpha value is -2.92. The van der Waals surface area contributed by atoms with Crippen LogP contribution in [0, 0.1) is 0 Å². The van der Waals surface area contributed by atoms with Crippen LogP contribution in [0.3, 0.4) is 0 Å². The van der Waals surface area contributed by atoms with Crippen molar-refractivity contribution in [3.05, 3.63) is 84.4 Å². The number of nitrogens with two attached hydrogens (primary N) is 2. The fourth-order valence-electron chi connectivity index (χ4n) is 3.12. The van der Waals surface area contributed by atoms with E-state index < -0.39 is 23.3 Å². The number of nitrogens with one attached hydrogen (secondary N) is 1. The molecule has 5 N–H and O–H groups in total. The normalized spacial score (nSPS) is 12.2. The lowest BCUT2D eigenvalue weighted by Gasteiger charge is -2.35. The summed E-state index contributed by atoms with van der Waals surface area (Å²) in [4.78, 5) is 23.3. The predicted octanol–water partition coefficient (Wildman–Crippen LogP) is 1.87. The van der Waals surface area contributed by atoms with Gasteiger partial charge in [-0.2, -0.15) is 0 Å². The van der Waals surface area contributed by atoms with E-state index in [0.717, 1.165) is 11.1 Å². The summed E-state index contributed by atoms with van der Waals surface area (Å²) >= 11 is 0. The molecule has 0 bridgehead atoms. The average Bonchev–Trinajstić information content (AvgIpc) is 2.65. The SMILES string of the molecule is C=CCC(CNC(=O)[C@@H](N)CC(N)=O)(c1ccccc1)c1ccccc1. The van der Waals surface area contributed by atoms with E-state index in [9.17, 15) is 9.59 Å². The minimum atomic E-state index is -0.958. The van der Waals surface area contributed by atoms with Crippen molar-refractivity contribution in [1.29, 1.82) is 0 Å². The standard InChI is InChI=1S/C21H25N3O2/c1-2-13-21(16-9-5-3-6-10-16,17-11-7-4-8-12-17)15-24-20(26)18(22)14-19(23)25/h2-12,18H,1,13-15,22H2,(H2,23,25)(H,24,26)/t18-/m0/s1. The van der Waals surface area contributed by atoms with Gasteiger partial charge in [0, 0.05) is 12.0 Å². The molecule has 5 heteroatoms. The molecule has 0 radical (unpaired) electrons.